The molecule has 4 N–H and O–H groups in total. The lowest BCUT2D eigenvalue weighted by Crippen LogP contribution is -2.39. The molecule has 0 amide bonds. The largest absolute Gasteiger partial charge is 0.469 e. The summed E-state index contributed by atoms with van der Waals surface area (Å²) in [4.78, 5) is 35.5. The van der Waals surface area contributed by atoms with Crippen molar-refractivity contribution in [2.45, 2.75) is 37.0 Å². The molecule has 0 aromatic rings. The molecule has 22 heteroatoms. The fourth-order valence-corrected chi connectivity index (χ4v) is 5.46. The first kappa shape index (κ1) is 35.2. The van der Waals surface area contributed by atoms with Crippen molar-refractivity contribution in [3.63, 3.8) is 0 Å². The monoisotopic (exact) mass is 620 g/mol. The van der Waals surface area contributed by atoms with Gasteiger partial charge in [-0.2, -0.15) is 67.4 Å². The molecule has 0 atom stereocenters. The highest BCUT2D eigenvalue weighted by atomic mass is 32.2. The van der Waals surface area contributed by atoms with Gasteiger partial charge >= 0.3 is 39.8 Å². The molecule has 0 aliphatic rings. The molecule has 0 heterocycles. The average Bonchev–Trinajstić information content (AvgIpc) is 2.62. The molecule has 212 valence electrons. The van der Waals surface area contributed by atoms with Gasteiger partial charge in [0, 0.05) is 29.8 Å². The van der Waals surface area contributed by atoms with E-state index < -0.39 is 94.3 Å². The third-order valence-corrected chi connectivity index (χ3v) is 7.39. The summed E-state index contributed by atoms with van der Waals surface area (Å²) in [6.45, 7) is -2.36. The van der Waals surface area contributed by atoms with E-state index >= 15 is 0 Å². The van der Waals surface area contributed by atoms with Gasteiger partial charge in [-0.05, 0) is 11.5 Å². The second kappa shape index (κ2) is 12.8. The molecule has 0 fully saturated rings. The summed E-state index contributed by atoms with van der Waals surface area (Å²) in [5.41, 5.74) is -2.03. The highest BCUT2D eigenvalue weighted by molar-refractivity contribution is 8.00. The number of hydrogen-bond acceptors (Lipinski definition) is 6. The smallest absolute Gasteiger partial charge is 0.303 e. The minimum absolute atomic E-state index is 0.285. The van der Waals surface area contributed by atoms with Crippen LogP contribution < -0.4 is 0 Å². The van der Waals surface area contributed by atoms with E-state index in [0.29, 0.717) is 0 Å². The predicted molar refractivity (Wildman–Crippen MR) is 104 cm³/mol. The van der Waals surface area contributed by atoms with Crippen molar-refractivity contribution < 1.29 is 81.7 Å². The summed E-state index contributed by atoms with van der Waals surface area (Å²) < 4.78 is 156. The van der Waals surface area contributed by atoms with Crippen LogP contribution in [0.4, 0.5) is 43.9 Å². The van der Waals surface area contributed by atoms with Gasteiger partial charge < -0.3 is 19.6 Å². The van der Waals surface area contributed by atoms with Crippen LogP contribution in [0.5, 0.6) is 0 Å². The van der Waals surface area contributed by atoms with Crippen LogP contribution in [0.3, 0.4) is 0 Å². The minimum Gasteiger partial charge on any atom is -0.303 e. The zero-order valence-corrected chi connectivity index (χ0v) is 20.5. The van der Waals surface area contributed by atoms with Gasteiger partial charge in [-0.15, -0.1) is 0 Å². The lowest BCUT2D eigenvalue weighted by atomic mass is 9.96. The fraction of sp³-hybridized carbons (Fsp3) is 1.00. The number of rotatable bonds is 16. The molecular formula is C13H20F10O8P2S2. The Kier molecular flexibility index (Phi) is 12.9. The number of thioether (sulfide) groups is 2. The molecule has 0 radical (unpaired) electrons. The van der Waals surface area contributed by atoms with Crippen LogP contribution in [0.15, 0.2) is 0 Å². The second-order valence-corrected chi connectivity index (χ2v) is 11.7. The van der Waals surface area contributed by atoms with Gasteiger partial charge in [-0.3, -0.25) is 9.05 Å². The van der Waals surface area contributed by atoms with E-state index in [1.807, 2.05) is 0 Å². The summed E-state index contributed by atoms with van der Waals surface area (Å²) >= 11 is 0.570. The average molecular weight is 620 g/mol. The highest BCUT2D eigenvalue weighted by Gasteiger charge is 2.57. The summed E-state index contributed by atoms with van der Waals surface area (Å²) in [6.07, 6.45) is -15.3. The van der Waals surface area contributed by atoms with Crippen LogP contribution >= 0.6 is 39.2 Å². The Morgan fingerprint density at radius 3 is 1.11 bits per heavy atom. The van der Waals surface area contributed by atoms with Crippen molar-refractivity contribution in [3.05, 3.63) is 0 Å². The van der Waals surface area contributed by atoms with Crippen LogP contribution in [0.1, 0.15) is 12.8 Å². The Labute approximate surface area is 200 Å². The zero-order valence-electron chi connectivity index (χ0n) is 17.1. The molecule has 35 heavy (non-hydrogen) atoms. The standard InChI is InChI=1S/C13H20F10O8P2S2/c14-10(15,12(18,19)20)1-3-34-7-9(5-30-32(24,25)26,6-31-33(27,28)29)8-35-4-2-11(16,17)13(21,22)23/h1-8H2,(H2,24,25,26)(H2,27,28,29). The Morgan fingerprint density at radius 1 is 0.600 bits per heavy atom. The van der Waals surface area contributed by atoms with Gasteiger partial charge in [-0.1, -0.05) is 0 Å². The van der Waals surface area contributed by atoms with Gasteiger partial charge in [0.05, 0.1) is 13.2 Å². The molecular weight excluding hydrogens is 600 g/mol. The van der Waals surface area contributed by atoms with Crippen LogP contribution in [-0.4, -0.2) is 80.0 Å². The van der Waals surface area contributed by atoms with Crippen molar-refractivity contribution in [1.29, 1.82) is 0 Å². The number of alkyl halides is 10. The molecule has 0 aromatic heterocycles. The fourth-order valence-electron chi connectivity index (χ4n) is 1.95. The Morgan fingerprint density at radius 2 is 0.886 bits per heavy atom. The van der Waals surface area contributed by atoms with E-state index in [1.54, 1.807) is 0 Å². The van der Waals surface area contributed by atoms with Gasteiger partial charge in [0.2, 0.25) is 0 Å². The molecule has 8 nitrogen and oxygen atoms in total. The Bertz CT molecular complexity index is 694. The molecule has 0 rings (SSSR count). The number of phosphoric ester groups is 2. The summed E-state index contributed by atoms with van der Waals surface area (Å²) in [7, 11) is -10.6. The molecule has 0 aliphatic heterocycles. The molecule has 0 saturated carbocycles. The predicted octanol–water partition coefficient (Wildman–Crippen LogP) is 4.83. The van der Waals surface area contributed by atoms with Crippen molar-refractivity contribution in [1.82, 2.24) is 0 Å². The minimum atomic E-state index is -5.89. The molecule has 0 spiro atoms. The van der Waals surface area contributed by atoms with Gasteiger partial charge in [0.1, 0.15) is 0 Å². The second-order valence-electron chi connectivity index (χ2n) is 7.04. The molecule has 0 saturated heterocycles. The first-order chi connectivity index (χ1) is 15.3. The van der Waals surface area contributed by atoms with Crippen LogP contribution in [-0.2, 0) is 18.2 Å². The van der Waals surface area contributed by atoms with E-state index in [9.17, 15) is 53.0 Å². The maximum atomic E-state index is 13.1. The first-order valence-electron chi connectivity index (χ1n) is 8.77. The van der Waals surface area contributed by atoms with E-state index in [2.05, 4.69) is 9.05 Å². The number of hydrogen-bond donors (Lipinski definition) is 4. The molecule has 0 bridgehead atoms. The molecule has 0 unspecified atom stereocenters. The van der Waals surface area contributed by atoms with E-state index in [-0.39, 0.29) is 23.5 Å². The van der Waals surface area contributed by atoms with E-state index in [4.69, 9.17) is 19.6 Å². The SMILES string of the molecule is O=P(O)(O)OCC(COP(=O)(O)O)(CSCCC(F)(F)C(F)(F)F)CSCCC(F)(F)C(F)(F)F. The van der Waals surface area contributed by atoms with Crippen molar-refractivity contribution >= 4 is 39.2 Å². The molecule has 0 aliphatic carbocycles. The number of halogens is 10. The molecule has 0 aromatic carbocycles. The summed E-state index contributed by atoms with van der Waals surface area (Å²) in [5, 5.41) is 0. The first-order valence-corrected chi connectivity index (χ1v) is 14.1. The topological polar surface area (TPSA) is 134 Å². The lowest BCUT2D eigenvalue weighted by molar-refractivity contribution is -0.282. The Hall–Kier alpha value is 0.220. The summed E-state index contributed by atoms with van der Waals surface area (Å²) in [5.74, 6) is -13.6. The highest BCUT2D eigenvalue weighted by Crippen LogP contribution is 2.45. The maximum Gasteiger partial charge on any atom is 0.469 e. The zero-order chi connectivity index (χ0) is 28.0. The van der Waals surface area contributed by atoms with E-state index in [1.165, 1.54) is 0 Å². The van der Waals surface area contributed by atoms with Crippen LogP contribution in [0, 0.1) is 5.41 Å². The van der Waals surface area contributed by atoms with Gasteiger partial charge in [0.25, 0.3) is 0 Å². The van der Waals surface area contributed by atoms with Crippen LogP contribution in [0.2, 0.25) is 0 Å². The quantitative estimate of drug-likeness (QED) is 0.108. The maximum absolute atomic E-state index is 13.1. The van der Waals surface area contributed by atoms with Crippen molar-refractivity contribution in [2.24, 2.45) is 5.41 Å². The Balaban J connectivity index is 5.54. The van der Waals surface area contributed by atoms with Crippen molar-refractivity contribution in [3.8, 4) is 0 Å². The van der Waals surface area contributed by atoms with Crippen LogP contribution in [0.25, 0.3) is 0 Å². The summed E-state index contributed by atoms with van der Waals surface area (Å²) in [6, 6.07) is 0. The third-order valence-electron chi connectivity index (χ3n) is 3.84. The lowest BCUT2D eigenvalue weighted by Gasteiger charge is -2.33. The van der Waals surface area contributed by atoms with Crippen molar-refractivity contribution in [2.75, 3.05) is 36.2 Å². The number of phosphoric acid groups is 2. The van der Waals surface area contributed by atoms with E-state index in [0.717, 1.165) is 0 Å². The van der Waals surface area contributed by atoms with Gasteiger partial charge in [-0.25, -0.2) is 9.13 Å². The normalized spacial score (nSPS) is 15.0. The third kappa shape index (κ3) is 14.1. The van der Waals surface area contributed by atoms with Gasteiger partial charge in [0.15, 0.2) is 0 Å².